The monoisotopic (exact) mass is 312 g/mol. The maximum absolute atomic E-state index is 13.7. The maximum atomic E-state index is 13.7. The van der Waals surface area contributed by atoms with E-state index in [4.69, 9.17) is 5.26 Å². The van der Waals surface area contributed by atoms with Crippen molar-refractivity contribution in [1.29, 1.82) is 5.26 Å². The Morgan fingerprint density at radius 1 is 1.61 bits per heavy atom. The molecule has 18 heavy (non-hydrogen) atoms. The van der Waals surface area contributed by atoms with Crippen LogP contribution in [0.15, 0.2) is 22.7 Å². The molecule has 0 spiro atoms. The number of rotatable bonds is 4. The van der Waals surface area contributed by atoms with Crippen LogP contribution in [0.1, 0.15) is 24.2 Å². The molecular weight excluding hydrogens is 299 g/mol. The minimum absolute atomic E-state index is 0.0326. The Bertz CT molecular complexity index is 484. The SMILES string of the molecule is CCN(C[C@@H](C)C#N)C(=O)c1ccc(Br)cc1F. The number of nitriles is 1. The van der Waals surface area contributed by atoms with Gasteiger partial charge in [-0.05, 0) is 32.0 Å². The molecule has 0 aliphatic heterocycles. The molecule has 0 aromatic heterocycles. The van der Waals surface area contributed by atoms with Gasteiger partial charge in [-0.3, -0.25) is 4.79 Å². The maximum Gasteiger partial charge on any atom is 0.256 e. The van der Waals surface area contributed by atoms with Gasteiger partial charge in [0, 0.05) is 17.6 Å². The summed E-state index contributed by atoms with van der Waals surface area (Å²) in [6.45, 7) is 4.29. The summed E-state index contributed by atoms with van der Waals surface area (Å²) in [7, 11) is 0. The third kappa shape index (κ3) is 3.54. The average molecular weight is 313 g/mol. The first-order chi connectivity index (χ1) is 8.49. The van der Waals surface area contributed by atoms with E-state index in [0.29, 0.717) is 17.6 Å². The third-order valence-electron chi connectivity index (χ3n) is 2.55. The molecule has 1 atom stereocenters. The first kappa shape index (κ1) is 14.7. The molecular formula is C13H14BrFN2O. The molecule has 96 valence electrons. The van der Waals surface area contributed by atoms with E-state index in [-0.39, 0.29) is 17.4 Å². The number of hydrogen-bond acceptors (Lipinski definition) is 2. The highest BCUT2D eigenvalue weighted by molar-refractivity contribution is 9.10. The predicted molar refractivity (Wildman–Crippen MR) is 70.5 cm³/mol. The number of halogens is 2. The fourth-order valence-electron chi connectivity index (χ4n) is 1.56. The Labute approximate surface area is 114 Å². The number of carbonyl (C=O) groups is 1. The molecule has 0 aliphatic carbocycles. The Kier molecular flexibility index (Phi) is 5.29. The lowest BCUT2D eigenvalue weighted by Crippen LogP contribution is -2.34. The van der Waals surface area contributed by atoms with Gasteiger partial charge in [0.05, 0.1) is 17.6 Å². The Morgan fingerprint density at radius 2 is 2.28 bits per heavy atom. The van der Waals surface area contributed by atoms with E-state index < -0.39 is 5.82 Å². The van der Waals surface area contributed by atoms with Crippen molar-refractivity contribution in [3.63, 3.8) is 0 Å². The minimum atomic E-state index is -0.558. The molecule has 0 radical (unpaired) electrons. The van der Waals surface area contributed by atoms with Crippen molar-refractivity contribution in [3.05, 3.63) is 34.1 Å². The van der Waals surface area contributed by atoms with E-state index in [0.717, 1.165) is 0 Å². The molecule has 5 heteroatoms. The lowest BCUT2D eigenvalue weighted by Gasteiger charge is -2.22. The van der Waals surface area contributed by atoms with E-state index in [2.05, 4.69) is 22.0 Å². The molecule has 0 aliphatic rings. The van der Waals surface area contributed by atoms with Gasteiger partial charge in [-0.1, -0.05) is 15.9 Å². The van der Waals surface area contributed by atoms with Gasteiger partial charge < -0.3 is 4.90 Å². The van der Waals surface area contributed by atoms with Gasteiger partial charge in [0.1, 0.15) is 5.82 Å². The highest BCUT2D eigenvalue weighted by atomic mass is 79.9. The Hall–Kier alpha value is -1.41. The van der Waals surface area contributed by atoms with Crippen LogP contribution < -0.4 is 0 Å². The zero-order chi connectivity index (χ0) is 13.7. The summed E-state index contributed by atoms with van der Waals surface area (Å²) in [6, 6.07) is 6.39. The fraction of sp³-hybridized carbons (Fsp3) is 0.385. The van der Waals surface area contributed by atoms with Gasteiger partial charge >= 0.3 is 0 Å². The number of nitrogens with zero attached hydrogens (tertiary/aromatic N) is 2. The topological polar surface area (TPSA) is 44.1 Å². The van der Waals surface area contributed by atoms with E-state index in [1.807, 2.05) is 0 Å². The summed E-state index contributed by atoms with van der Waals surface area (Å²) < 4.78 is 14.3. The lowest BCUT2D eigenvalue weighted by atomic mass is 10.1. The molecule has 0 N–H and O–H groups in total. The molecule has 3 nitrogen and oxygen atoms in total. The van der Waals surface area contributed by atoms with Crippen molar-refractivity contribution in [2.75, 3.05) is 13.1 Å². The molecule has 0 heterocycles. The van der Waals surface area contributed by atoms with Crippen LogP contribution in [-0.2, 0) is 0 Å². The van der Waals surface area contributed by atoms with Crippen molar-refractivity contribution < 1.29 is 9.18 Å². The van der Waals surface area contributed by atoms with Gasteiger partial charge in [0.25, 0.3) is 5.91 Å². The van der Waals surface area contributed by atoms with Crippen LogP contribution in [0.2, 0.25) is 0 Å². The summed E-state index contributed by atoms with van der Waals surface area (Å²) in [5.74, 6) is -1.21. The predicted octanol–water partition coefficient (Wildman–Crippen LogP) is 3.21. The van der Waals surface area contributed by atoms with Crippen LogP contribution in [0, 0.1) is 23.1 Å². The molecule has 0 unspecified atom stereocenters. The first-order valence-electron chi connectivity index (χ1n) is 5.63. The van der Waals surface area contributed by atoms with E-state index in [9.17, 15) is 9.18 Å². The molecule has 1 aromatic carbocycles. The second-order valence-electron chi connectivity index (χ2n) is 4.00. The molecule has 0 fully saturated rings. The quantitative estimate of drug-likeness (QED) is 0.857. The van der Waals surface area contributed by atoms with Crippen LogP contribution in [0.3, 0.4) is 0 Å². The van der Waals surface area contributed by atoms with Crippen LogP contribution in [0.25, 0.3) is 0 Å². The largest absolute Gasteiger partial charge is 0.338 e. The highest BCUT2D eigenvalue weighted by Gasteiger charge is 2.19. The van der Waals surface area contributed by atoms with Crippen molar-refractivity contribution in [2.45, 2.75) is 13.8 Å². The summed E-state index contributed by atoms with van der Waals surface area (Å²) in [4.78, 5) is 13.6. The number of carbonyl (C=O) groups excluding carboxylic acids is 1. The molecule has 1 rings (SSSR count). The summed E-state index contributed by atoms with van der Waals surface area (Å²) in [5, 5.41) is 8.75. The van der Waals surface area contributed by atoms with Crippen molar-refractivity contribution >= 4 is 21.8 Å². The first-order valence-corrected chi connectivity index (χ1v) is 6.42. The summed E-state index contributed by atoms with van der Waals surface area (Å²) in [6.07, 6.45) is 0. The lowest BCUT2D eigenvalue weighted by molar-refractivity contribution is 0.0748. The molecule has 1 amide bonds. The Morgan fingerprint density at radius 3 is 2.78 bits per heavy atom. The molecule has 1 aromatic rings. The van der Waals surface area contributed by atoms with Gasteiger partial charge in [-0.15, -0.1) is 0 Å². The summed E-state index contributed by atoms with van der Waals surface area (Å²) >= 11 is 3.14. The van der Waals surface area contributed by atoms with E-state index in [1.54, 1.807) is 19.9 Å². The zero-order valence-corrected chi connectivity index (χ0v) is 11.9. The summed E-state index contributed by atoms with van der Waals surface area (Å²) in [5.41, 5.74) is 0.0326. The van der Waals surface area contributed by atoms with Gasteiger partial charge in [0.15, 0.2) is 0 Å². The minimum Gasteiger partial charge on any atom is -0.338 e. The third-order valence-corrected chi connectivity index (χ3v) is 3.04. The van der Waals surface area contributed by atoms with Gasteiger partial charge in [-0.2, -0.15) is 5.26 Å². The van der Waals surface area contributed by atoms with Gasteiger partial charge in [-0.25, -0.2) is 4.39 Å². The molecule has 0 saturated carbocycles. The number of benzene rings is 1. The van der Waals surface area contributed by atoms with Crippen LogP contribution in [0.4, 0.5) is 4.39 Å². The average Bonchev–Trinajstić information content (AvgIpc) is 2.34. The van der Waals surface area contributed by atoms with Crippen LogP contribution in [0.5, 0.6) is 0 Å². The Balaban J connectivity index is 2.94. The van der Waals surface area contributed by atoms with Gasteiger partial charge in [0.2, 0.25) is 0 Å². The van der Waals surface area contributed by atoms with E-state index >= 15 is 0 Å². The number of hydrogen-bond donors (Lipinski definition) is 0. The zero-order valence-electron chi connectivity index (χ0n) is 10.3. The van der Waals surface area contributed by atoms with Crippen LogP contribution in [-0.4, -0.2) is 23.9 Å². The number of amides is 1. The van der Waals surface area contributed by atoms with Crippen molar-refractivity contribution in [2.24, 2.45) is 5.92 Å². The van der Waals surface area contributed by atoms with Crippen LogP contribution >= 0.6 is 15.9 Å². The standard InChI is InChI=1S/C13H14BrFN2O/c1-3-17(8-9(2)7-16)13(18)11-5-4-10(14)6-12(11)15/h4-6,9H,3,8H2,1-2H3/t9-/m0/s1. The molecule has 0 bridgehead atoms. The highest BCUT2D eigenvalue weighted by Crippen LogP contribution is 2.17. The second kappa shape index (κ2) is 6.50. The van der Waals surface area contributed by atoms with Crippen molar-refractivity contribution in [1.82, 2.24) is 4.90 Å². The molecule has 0 saturated heterocycles. The normalized spacial score (nSPS) is 11.7. The van der Waals surface area contributed by atoms with Crippen molar-refractivity contribution in [3.8, 4) is 6.07 Å². The smallest absolute Gasteiger partial charge is 0.256 e. The van der Waals surface area contributed by atoms with E-state index in [1.165, 1.54) is 17.0 Å². The second-order valence-corrected chi connectivity index (χ2v) is 4.91. The fourth-order valence-corrected chi connectivity index (χ4v) is 1.89.